The van der Waals surface area contributed by atoms with Crippen molar-refractivity contribution in [3.05, 3.63) is 71.5 Å². The Morgan fingerprint density at radius 1 is 0.962 bits per heavy atom. The molecule has 1 N–H and O–H groups in total. The van der Waals surface area contributed by atoms with Crippen LogP contribution in [0.3, 0.4) is 0 Å². The molecular formula is C21H25FN2O2. The summed E-state index contributed by atoms with van der Waals surface area (Å²) in [6, 6.07) is 16.3. The second kappa shape index (κ2) is 10.3. The molecule has 0 aliphatic heterocycles. The molecule has 4 nitrogen and oxygen atoms in total. The lowest BCUT2D eigenvalue weighted by Crippen LogP contribution is -2.40. The first kappa shape index (κ1) is 19.6. The summed E-state index contributed by atoms with van der Waals surface area (Å²) in [6.07, 6.45) is 2.31. The van der Waals surface area contributed by atoms with Gasteiger partial charge in [0.1, 0.15) is 5.82 Å². The molecule has 2 aromatic carbocycles. The number of amides is 2. The van der Waals surface area contributed by atoms with Crippen molar-refractivity contribution in [2.75, 3.05) is 19.6 Å². The van der Waals surface area contributed by atoms with E-state index in [0.717, 1.165) is 18.4 Å². The van der Waals surface area contributed by atoms with Gasteiger partial charge in [0.2, 0.25) is 11.8 Å². The molecule has 0 heterocycles. The summed E-state index contributed by atoms with van der Waals surface area (Å²) < 4.78 is 12.9. The molecule has 0 saturated carbocycles. The van der Waals surface area contributed by atoms with Crippen molar-refractivity contribution >= 4 is 11.8 Å². The van der Waals surface area contributed by atoms with Gasteiger partial charge in [-0.05, 0) is 42.5 Å². The summed E-state index contributed by atoms with van der Waals surface area (Å²) in [6.45, 7) is 2.55. The lowest BCUT2D eigenvalue weighted by atomic mass is 10.1. The van der Waals surface area contributed by atoms with E-state index in [9.17, 15) is 14.0 Å². The molecule has 0 bridgehead atoms. The van der Waals surface area contributed by atoms with Crippen LogP contribution >= 0.6 is 0 Å². The van der Waals surface area contributed by atoms with E-state index in [1.54, 1.807) is 17.0 Å². The quantitative estimate of drug-likeness (QED) is 0.751. The molecular weight excluding hydrogens is 331 g/mol. The Morgan fingerprint density at radius 3 is 2.27 bits per heavy atom. The maximum Gasteiger partial charge on any atom is 0.239 e. The molecule has 0 aliphatic rings. The van der Waals surface area contributed by atoms with Crippen molar-refractivity contribution in [2.45, 2.75) is 26.2 Å². The summed E-state index contributed by atoms with van der Waals surface area (Å²) in [5.74, 6) is -0.556. The number of carbonyl (C=O) groups excluding carboxylic acids is 2. The van der Waals surface area contributed by atoms with Gasteiger partial charge in [0.15, 0.2) is 0 Å². The monoisotopic (exact) mass is 356 g/mol. The molecule has 5 heteroatoms. The van der Waals surface area contributed by atoms with Gasteiger partial charge < -0.3 is 10.2 Å². The molecule has 138 valence electrons. The van der Waals surface area contributed by atoms with Crippen LogP contribution in [0.25, 0.3) is 0 Å². The summed E-state index contributed by atoms with van der Waals surface area (Å²) in [4.78, 5) is 25.4. The van der Waals surface area contributed by atoms with Crippen LogP contribution in [0, 0.1) is 5.82 Å². The van der Waals surface area contributed by atoms with Gasteiger partial charge in [-0.2, -0.15) is 0 Å². The molecule has 0 spiro atoms. The lowest BCUT2D eigenvalue weighted by molar-refractivity contribution is -0.134. The lowest BCUT2D eigenvalue weighted by Gasteiger charge is -2.20. The second-order valence-electron chi connectivity index (χ2n) is 6.26. The van der Waals surface area contributed by atoms with Crippen LogP contribution in [-0.4, -0.2) is 36.3 Å². The van der Waals surface area contributed by atoms with Crippen LogP contribution < -0.4 is 5.32 Å². The molecule has 2 aromatic rings. The van der Waals surface area contributed by atoms with Gasteiger partial charge in [-0.1, -0.05) is 42.5 Å². The predicted molar refractivity (Wildman–Crippen MR) is 100 cm³/mol. The van der Waals surface area contributed by atoms with Crippen molar-refractivity contribution in [1.82, 2.24) is 10.2 Å². The van der Waals surface area contributed by atoms with E-state index in [2.05, 4.69) is 17.4 Å². The molecule has 0 saturated heterocycles. The van der Waals surface area contributed by atoms with Crippen LogP contribution in [0.2, 0.25) is 0 Å². The smallest absolute Gasteiger partial charge is 0.239 e. The normalized spacial score (nSPS) is 10.4. The van der Waals surface area contributed by atoms with Gasteiger partial charge >= 0.3 is 0 Å². The minimum absolute atomic E-state index is 0.0630. The number of hydrogen-bond donors (Lipinski definition) is 1. The fraction of sp³-hybridized carbons (Fsp3) is 0.333. The predicted octanol–water partition coefficient (Wildman–Crippen LogP) is 2.97. The Labute approximate surface area is 154 Å². The minimum Gasteiger partial charge on any atom is -0.354 e. The Bertz CT molecular complexity index is 702. The van der Waals surface area contributed by atoms with E-state index in [4.69, 9.17) is 0 Å². The van der Waals surface area contributed by atoms with Crippen molar-refractivity contribution in [3.8, 4) is 0 Å². The molecule has 0 fully saturated rings. The number of halogens is 1. The number of hydrogen-bond acceptors (Lipinski definition) is 2. The summed E-state index contributed by atoms with van der Waals surface area (Å²) in [7, 11) is 0. The molecule has 2 rings (SSSR count). The molecule has 0 radical (unpaired) electrons. The van der Waals surface area contributed by atoms with Crippen molar-refractivity contribution in [3.63, 3.8) is 0 Å². The highest BCUT2D eigenvalue weighted by atomic mass is 19.1. The van der Waals surface area contributed by atoms with Gasteiger partial charge in [-0.3, -0.25) is 9.59 Å². The van der Waals surface area contributed by atoms with Crippen LogP contribution in [0.15, 0.2) is 54.6 Å². The third-order valence-electron chi connectivity index (χ3n) is 4.17. The second-order valence-corrected chi connectivity index (χ2v) is 6.26. The van der Waals surface area contributed by atoms with Gasteiger partial charge in [0.25, 0.3) is 0 Å². The highest BCUT2D eigenvalue weighted by Gasteiger charge is 2.13. The zero-order chi connectivity index (χ0) is 18.8. The third kappa shape index (κ3) is 7.05. The summed E-state index contributed by atoms with van der Waals surface area (Å²) in [5.41, 5.74) is 2.18. The first-order chi connectivity index (χ1) is 12.5. The molecule has 0 aromatic heterocycles. The van der Waals surface area contributed by atoms with Gasteiger partial charge in [-0.15, -0.1) is 0 Å². The fourth-order valence-corrected chi connectivity index (χ4v) is 2.69. The van der Waals surface area contributed by atoms with Crippen LogP contribution in [0.1, 0.15) is 24.5 Å². The summed E-state index contributed by atoms with van der Waals surface area (Å²) in [5, 5.41) is 2.81. The molecule has 0 unspecified atom stereocenters. The van der Waals surface area contributed by atoms with E-state index in [1.807, 2.05) is 18.2 Å². The number of rotatable bonds is 9. The third-order valence-corrected chi connectivity index (χ3v) is 4.17. The van der Waals surface area contributed by atoms with E-state index in [-0.39, 0.29) is 24.2 Å². The highest BCUT2D eigenvalue weighted by molar-refractivity contribution is 5.83. The Hall–Kier alpha value is -2.69. The maximum absolute atomic E-state index is 12.9. The molecule has 2 amide bonds. The van der Waals surface area contributed by atoms with Gasteiger partial charge in [-0.25, -0.2) is 4.39 Å². The first-order valence-corrected chi connectivity index (χ1v) is 8.85. The Kier molecular flexibility index (Phi) is 7.80. The number of aryl methyl sites for hydroxylation is 1. The molecule has 0 atom stereocenters. The van der Waals surface area contributed by atoms with Crippen LogP contribution in [0.4, 0.5) is 4.39 Å². The zero-order valence-electron chi connectivity index (χ0n) is 15.1. The van der Waals surface area contributed by atoms with Crippen molar-refractivity contribution in [1.29, 1.82) is 0 Å². The Balaban J connectivity index is 1.71. The summed E-state index contributed by atoms with van der Waals surface area (Å²) >= 11 is 0. The van der Waals surface area contributed by atoms with Gasteiger partial charge in [0.05, 0.1) is 6.54 Å². The molecule has 0 aliphatic carbocycles. The average Bonchev–Trinajstić information content (AvgIpc) is 2.63. The molecule has 26 heavy (non-hydrogen) atoms. The Morgan fingerprint density at radius 2 is 1.62 bits per heavy atom. The van der Waals surface area contributed by atoms with Gasteiger partial charge in [0, 0.05) is 20.0 Å². The average molecular weight is 356 g/mol. The van der Waals surface area contributed by atoms with E-state index >= 15 is 0 Å². The maximum atomic E-state index is 12.9. The topological polar surface area (TPSA) is 49.4 Å². The van der Waals surface area contributed by atoms with Crippen LogP contribution in [-0.2, 0) is 22.4 Å². The minimum atomic E-state index is -0.273. The zero-order valence-corrected chi connectivity index (χ0v) is 15.1. The number of benzene rings is 2. The number of nitrogens with zero attached hydrogens (tertiary/aromatic N) is 1. The van der Waals surface area contributed by atoms with Crippen molar-refractivity contribution < 1.29 is 14.0 Å². The standard InChI is InChI=1S/C21H25FN2O2/c1-17(25)24(15-5-8-18-6-3-2-4-7-18)16-21(26)23-14-13-19-9-11-20(22)12-10-19/h2-4,6-7,9-12H,5,8,13-16H2,1H3,(H,23,26). The number of carbonyl (C=O) groups is 2. The largest absolute Gasteiger partial charge is 0.354 e. The highest BCUT2D eigenvalue weighted by Crippen LogP contribution is 2.05. The van der Waals surface area contributed by atoms with E-state index in [1.165, 1.54) is 24.6 Å². The SMILES string of the molecule is CC(=O)N(CCCc1ccccc1)CC(=O)NCCc1ccc(F)cc1. The number of nitrogens with one attached hydrogen (secondary N) is 1. The first-order valence-electron chi connectivity index (χ1n) is 8.85. The van der Waals surface area contributed by atoms with E-state index in [0.29, 0.717) is 19.5 Å². The van der Waals surface area contributed by atoms with E-state index < -0.39 is 0 Å². The van der Waals surface area contributed by atoms with Crippen molar-refractivity contribution in [2.24, 2.45) is 0 Å². The van der Waals surface area contributed by atoms with Crippen LogP contribution in [0.5, 0.6) is 0 Å². The fourth-order valence-electron chi connectivity index (χ4n) is 2.69.